The van der Waals surface area contributed by atoms with Gasteiger partial charge in [0.25, 0.3) is 10.0 Å². The standard InChI is InChI=1S/C17H17NO7S/c1-10(19)12-7-15-16(25-9-24-15)8-13(12)18-26(20,21)17-6-11(22-2)4-5-14(17)23-3/h4-8,18H,9H2,1-3H3. The molecule has 9 heteroatoms. The van der Waals surface area contributed by atoms with Gasteiger partial charge in [-0.05, 0) is 25.1 Å². The van der Waals surface area contributed by atoms with Crippen LogP contribution in [0.5, 0.6) is 23.0 Å². The number of benzene rings is 2. The molecule has 0 atom stereocenters. The third-order valence-electron chi connectivity index (χ3n) is 3.80. The highest BCUT2D eigenvalue weighted by Crippen LogP contribution is 2.38. The van der Waals surface area contributed by atoms with Crippen molar-refractivity contribution < 1.29 is 32.2 Å². The van der Waals surface area contributed by atoms with Crippen molar-refractivity contribution in [2.24, 2.45) is 0 Å². The number of hydrogen-bond donors (Lipinski definition) is 1. The fourth-order valence-corrected chi connectivity index (χ4v) is 3.77. The highest BCUT2D eigenvalue weighted by atomic mass is 32.2. The Hall–Kier alpha value is -2.94. The van der Waals surface area contributed by atoms with Crippen LogP contribution < -0.4 is 23.7 Å². The van der Waals surface area contributed by atoms with Gasteiger partial charge in [0.15, 0.2) is 17.3 Å². The number of anilines is 1. The van der Waals surface area contributed by atoms with Crippen LogP contribution in [0.2, 0.25) is 0 Å². The molecular formula is C17H17NO7S. The Morgan fingerprint density at radius 3 is 2.38 bits per heavy atom. The summed E-state index contributed by atoms with van der Waals surface area (Å²) in [5.74, 6) is 0.910. The van der Waals surface area contributed by atoms with Crippen LogP contribution in [0.4, 0.5) is 5.69 Å². The predicted molar refractivity (Wildman–Crippen MR) is 92.9 cm³/mol. The number of hydrogen-bond acceptors (Lipinski definition) is 7. The van der Waals surface area contributed by atoms with Gasteiger partial charge in [0, 0.05) is 17.7 Å². The first-order chi connectivity index (χ1) is 12.4. The summed E-state index contributed by atoms with van der Waals surface area (Å²) in [6.07, 6.45) is 0. The maximum absolute atomic E-state index is 12.9. The van der Waals surface area contributed by atoms with E-state index < -0.39 is 10.0 Å². The quantitative estimate of drug-likeness (QED) is 0.770. The van der Waals surface area contributed by atoms with Gasteiger partial charge in [0.1, 0.15) is 16.4 Å². The van der Waals surface area contributed by atoms with Crippen LogP contribution in [0, 0.1) is 0 Å². The number of carbonyl (C=O) groups excluding carboxylic acids is 1. The molecule has 0 bridgehead atoms. The molecule has 0 radical (unpaired) electrons. The fraction of sp³-hybridized carbons (Fsp3) is 0.235. The van der Waals surface area contributed by atoms with Gasteiger partial charge >= 0.3 is 0 Å². The Labute approximate surface area is 150 Å². The Morgan fingerprint density at radius 2 is 1.77 bits per heavy atom. The summed E-state index contributed by atoms with van der Waals surface area (Å²) < 4.78 is 48.9. The lowest BCUT2D eigenvalue weighted by molar-refractivity contribution is 0.101. The number of nitrogens with one attached hydrogen (secondary N) is 1. The monoisotopic (exact) mass is 379 g/mol. The molecule has 0 amide bonds. The minimum absolute atomic E-state index is 0.00654. The van der Waals surface area contributed by atoms with Crippen molar-refractivity contribution in [1.82, 2.24) is 0 Å². The largest absolute Gasteiger partial charge is 0.497 e. The van der Waals surface area contributed by atoms with Crippen LogP contribution in [-0.2, 0) is 10.0 Å². The number of ketones is 1. The van der Waals surface area contributed by atoms with Crippen LogP contribution in [0.1, 0.15) is 17.3 Å². The molecule has 3 rings (SSSR count). The van der Waals surface area contributed by atoms with Crippen molar-refractivity contribution in [1.29, 1.82) is 0 Å². The highest BCUT2D eigenvalue weighted by molar-refractivity contribution is 7.92. The molecule has 26 heavy (non-hydrogen) atoms. The molecule has 0 saturated carbocycles. The Balaban J connectivity index is 2.07. The van der Waals surface area contributed by atoms with Gasteiger partial charge in [0.05, 0.1) is 19.9 Å². The lowest BCUT2D eigenvalue weighted by Gasteiger charge is -2.15. The Kier molecular flexibility index (Phi) is 4.64. The Bertz CT molecular complexity index is 969. The first-order valence-corrected chi connectivity index (χ1v) is 9.03. The van der Waals surface area contributed by atoms with E-state index in [0.29, 0.717) is 17.2 Å². The number of fused-ring (bicyclic) bond motifs is 1. The lowest BCUT2D eigenvalue weighted by atomic mass is 10.1. The number of ether oxygens (including phenoxy) is 4. The van der Waals surface area contributed by atoms with Crippen molar-refractivity contribution in [3.8, 4) is 23.0 Å². The molecule has 1 heterocycles. The summed E-state index contributed by atoms with van der Waals surface area (Å²) in [5, 5.41) is 0. The molecule has 0 unspecified atom stereocenters. The van der Waals surface area contributed by atoms with E-state index in [-0.39, 0.29) is 34.5 Å². The summed E-state index contributed by atoms with van der Waals surface area (Å²) in [6, 6.07) is 7.27. The van der Waals surface area contributed by atoms with Crippen LogP contribution >= 0.6 is 0 Å². The van der Waals surface area contributed by atoms with Crippen LogP contribution in [-0.4, -0.2) is 35.2 Å². The minimum atomic E-state index is -4.07. The van der Waals surface area contributed by atoms with E-state index >= 15 is 0 Å². The van der Waals surface area contributed by atoms with Crippen LogP contribution in [0.25, 0.3) is 0 Å². The molecule has 2 aromatic carbocycles. The maximum Gasteiger partial charge on any atom is 0.265 e. The number of carbonyl (C=O) groups is 1. The van der Waals surface area contributed by atoms with Crippen LogP contribution in [0.3, 0.4) is 0 Å². The van der Waals surface area contributed by atoms with Gasteiger partial charge in [-0.3, -0.25) is 9.52 Å². The molecule has 2 aromatic rings. The maximum atomic E-state index is 12.9. The van der Waals surface area contributed by atoms with Gasteiger partial charge < -0.3 is 18.9 Å². The molecule has 8 nitrogen and oxygen atoms in total. The first-order valence-electron chi connectivity index (χ1n) is 7.55. The number of sulfonamides is 1. The highest BCUT2D eigenvalue weighted by Gasteiger charge is 2.25. The van der Waals surface area contributed by atoms with E-state index in [1.54, 1.807) is 6.07 Å². The molecule has 0 fully saturated rings. The third-order valence-corrected chi connectivity index (χ3v) is 5.18. The van der Waals surface area contributed by atoms with Crippen LogP contribution in [0.15, 0.2) is 35.2 Å². The van der Waals surface area contributed by atoms with E-state index in [1.807, 2.05) is 0 Å². The Morgan fingerprint density at radius 1 is 1.08 bits per heavy atom. The molecule has 138 valence electrons. The van der Waals surface area contributed by atoms with Gasteiger partial charge in [0.2, 0.25) is 6.79 Å². The molecule has 1 aliphatic rings. The zero-order chi connectivity index (χ0) is 18.9. The van der Waals surface area contributed by atoms with Crippen molar-refractivity contribution in [3.63, 3.8) is 0 Å². The minimum Gasteiger partial charge on any atom is -0.497 e. The zero-order valence-corrected chi connectivity index (χ0v) is 15.2. The fourth-order valence-electron chi connectivity index (χ4n) is 2.51. The predicted octanol–water partition coefficient (Wildman–Crippen LogP) is 2.44. The smallest absolute Gasteiger partial charge is 0.265 e. The topological polar surface area (TPSA) is 100 Å². The van der Waals surface area contributed by atoms with Crippen molar-refractivity contribution in [3.05, 3.63) is 35.9 Å². The second-order valence-corrected chi connectivity index (χ2v) is 7.08. The molecule has 0 saturated heterocycles. The lowest BCUT2D eigenvalue weighted by Crippen LogP contribution is -2.16. The van der Waals surface area contributed by atoms with E-state index in [0.717, 1.165) is 0 Å². The summed E-state index contributed by atoms with van der Waals surface area (Å²) in [5.41, 5.74) is 0.256. The molecule has 1 aliphatic heterocycles. The number of methoxy groups -OCH3 is 2. The van der Waals surface area contributed by atoms with E-state index in [1.165, 1.54) is 45.4 Å². The second kappa shape index (κ2) is 6.75. The number of rotatable bonds is 6. The van der Waals surface area contributed by atoms with E-state index in [2.05, 4.69) is 4.72 Å². The van der Waals surface area contributed by atoms with Gasteiger partial charge in [-0.15, -0.1) is 0 Å². The summed E-state index contributed by atoms with van der Waals surface area (Å²) in [7, 11) is -1.27. The number of Topliss-reactive ketones (excluding diaryl/α,β-unsaturated/α-hetero) is 1. The molecule has 0 spiro atoms. The van der Waals surface area contributed by atoms with E-state index in [4.69, 9.17) is 18.9 Å². The van der Waals surface area contributed by atoms with E-state index in [9.17, 15) is 13.2 Å². The summed E-state index contributed by atoms with van der Waals surface area (Å²) in [4.78, 5) is 11.8. The normalized spacial score (nSPS) is 12.6. The average Bonchev–Trinajstić information content (AvgIpc) is 3.07. The summed E-state index contributed by atoms with van der Waals surface area (Å²) in [6.45, 7) is 1.34. The second-order valence-electron chi connectivity index (χ2n) is 5.43. The van der Waals surface area contributed by atoms with Gasteiger partial charge in [-0.25, -0.2) is 8.42 Å². The SMILES string of the molecule is COc1ccc(OC)c(S(=O)(=O)Nc2cc3c(cc2C(C)=O)OCO3)c1. The first kappa shape index (κ1) is 17.9. The molecule has 1 N–H and O–H groups in total. The molecule has 0 aliphatic carbocycles. The van der Waals surface area contributed by atoms with Crippen molar-refractivity contribution in [2.75, 3.05) is 25.7 Å². The van der Waals surface area contributed by atoms with Gasteiger partial charge in [-0.1, -0.05) is 0 Å². The molecular weight excluding hydrogens is 362 g/mol. The molecule has 0 aromatic heterocycles. The average molecular weight is 379 g/mol. The summed E-state index contributed by atoms with van der Waals surface area (Å²) >= 11 is 0. The van der Waals surface area contributed by atoms with Gasteiger partial charge in [-0.2, -0.15) is 0 Å². The third kappa shape index (κ3) is 3.25. The zero-order valence-electron chi connectivity index (χ0n) is 14.4. The van der Waals surface area contributed by atoms with Crippen molar-refractivity contribution >= 4 is 21.5 Å². The van der Waals surface area contributed by atoms with Crippen molar-refractivity contribution in [2.45, 2.75) is 11.8 Å².